The molecule has 1 aliphatic heterocycles. The van der Waals surface area contributed by atoms with Crippen molar-refractivity contribution in [3.05, 3.63) is 51.7 Å². The van der Waals surface area contributed by atoms with Crippen LogP contribution in [0.3, 0.4) is 0 Å². The molecule has 0 bridgehead atoms. The second kappa shape index (κ2) is 8.97. The van der Waals surface area contributed by atoms with Gasteiger partial charge in [-0.3, -0.25) is 9.88 Å². The van der Waals surface area contributed by atoms with Gasteiger partial charge in [0.25, 0.3) is 0 Å². The summed E-state index contributed by atoms with van der Waals surface area (Å²) in [5.74, 6) is 0. The number of amides is 1. The number of ether oxygens (including phenoxy) is 1. The van der Waals surface area contributed by atoms with E-state index in [-0.39, 0.29) is 25.8 Å². The van der Waals surface area contributed by atoms with E-state index in [1.54, 1.807) is 12.3 Å². The van der Waals surface area contributed by atoms with Gasteiger partial charge in [-0.15, -0.1) is 11.3 Å². The van der Waals surface area contributed by atoms with Gasteiger partial charge in [-0.05, 0) is 70.3 Å². The number of alkyl halides is 3. The van der Waals surface area contributed by atoms with Crippen molar-refractivity contribution in [3.63, 3.8) is 0 Å². The largest absolute Gasteiger partial charge is 0.436 e. The highest BCUT2D eigenvalue weighted by atomic mass is 32.1. The average molecular weight is 474 g/mol. The Morgan fingerprint density at radius 1 is 1.31 bits per heavy atom. The molecule has 0 radical (unpaired) electrons. The Labute approximate surface area is 188 Å². The van der Waals surface area contributed by atoms with E-state index >= 15 is 0 Å². The molecule has 10 heteroatoms. The molecule has 1 fully saturated rings. The molecule has 3 rings (SSSR count). The van der Waals surface area contributed by atoms with Gasteiger partial charge >= 0.3 is 12.3 Å². The molecular formula is C22H27F4N3O2S. The Bertz CT molecular complexity index is 945. The minimum absolute atomic E-state index is 0.0409. The Morgan fingerprint density at radius 3 is 2.56 bits per heavy atom. The molecule has 2 aromatic heterocycles. The van der Waals surface area contributed by atoms with Gasteiger partial charge in [-0.25, -0.2) is 4.79 Å². The van der Waals surface area contributed by atoms with Gasteiger partial charge in [-0.2, -0.15) is 17.6 Å². The number of carbonyl (C=O) groups is 1. The third-order valence-electron chi connectivity index (χ3n) is 6.38. The van der Waals surface area contributed by atoms with E-state index in [2.05, 4.69) is 9.72 Å². The van der Waals surface area contributed by atoms with Gasteiger partial charge in [0.15, 0.2) is 5.13 Å². The molecule has 0 spiro atoms. The topological polar surface area (TPSA) is 68.5 Å². The molecule has 2 aromatic rings. The van der Waals surface area contributed by atoms with Crippen molar-refractivity contribution in [1.29, 1.82) is 0 Å². The lowest BCUT2D eigenvalue weighted by molar-refractivity contribution is -0.237. The molecule has 0 aliphatic carbocycles. The smallest absolute Gasteiger partial charge is 0.426 e. The number of hydrogen-bond acceptors (Lipinski definition) is 5. The van der Waals surface area contributed by atoms with Gasteiger partial charge in [0.1, 0.15) is 0 Å². The molecule has 1 saturated heterocycles. The zero-order valence-electron chi connectivity index (χ0n) is 18.2. The lowest BCUT2D eigenvalue weighted by atomic mass is 9.76. The zero-order chi connectivity index (χ0) is 23.7. The van der Waals surface area contributed by atoms with Crippen molar-refractivity contribution in [2.24, 2.45) is 11.1 Å². The third kappa shape index (κ3) is 5.23. The SMILES string of the molecule is Cc1ccc(C(C)(C)N2CCC(CCc3ccc(F)s3)([C@H](OC(N)=O)C(F)(F)F)C2)cn1. The molecule has 1 aliphatic rings. The maximum atomic E-state index is 14.1. The summed E-state index contributed by atoms with van der Waals surface area (Å²) in [4.78, 5) is 18.3. The van der Waals surface area contributed by atoms with E-state index < -0.39 is 34.5 Å². The number of thiophene rings is 1. The van der Waals surface area contributed by atoms with Crippen molar-refractivity contribution >= 4 is 17.4 Å². The number of hydrogen-bond donors (Lipinski definition) is 1. The zero-order valence-corrected chi connectivity index (χ0v) is 19.0. The summed E-state index contributed by atoms with van der Waals surface area (Å²) in [5, 5.41) is -0.393. The summed E-state index contributed by atoms with van der Waals surface area (Å²) < 4.78 is 60.3. The van der Waals surface area contributed by atoms with Crippen LogP contribution in [0.5, 0.6) is 0 Å². The molecule has 2 atom stereocenters. The number of halogens is 4. The lowest BCUT2D eigenvalue weighted by Gasteiger charge is -2.41. The van der Waals surface area contributed by atoms with Crippen LogP contribution in [0.1, 0.15) is 42.8 Å². The summed E-state index contributed by atoms with van der Waals surface area (Å²) in [7, 11) is 0. The van der Waals surface area contributed by atoms with E-state index in [4.69, 9.17) is 5.73 Å². The lowest BCUT2D eigenvalue weighted by Crippen LogP contribution is -2.52. The fourth-order valence-electron chi connectivity index (χ4n) is 4.45. The minimum Gasteiger partial charge on any atom is -0.436 e. The Morgan fingerprint density at radius 2 is 2.03 bits per heavy atom. The molecular weight excluding hydrogens is 446 g/mol. The second-order valence-corrected chi connectivity index (χ2v) is 9.96. The van der Waals surface area contributed by atoms with Crippen molar-refractivity contribution in [1.82, 2.24) is 9.88 Å². The van der Waals surface area contributed by atoms with Crippen LogP contribution in [0, 0.1) is 17.5 Å². The van der Waals surface area contributed by atoms with Crippen molar-refractivity contribution in [3.8, 4) is 0 Å². The number of nitrogens with zero attached hydrogens (tertiary/aromatic N) is 2. The first-order valence-corrected chi connectivity index (χ1v) is 11.1. The summed E-state index contributed by atoms with van der Waals surface area (Å²) in [5.41, 5.74) is 4.73. The van der Waals surface area contributed by atoms with Crippen molar-refractivity contribution in [2.45, 2.75) is 57.9 Å². The summed E-state index contributed by atoms with van der Waals surface area (Å²) in [6.45, 7) is 6.14. The molecule has 0 aromatic carbocycles. The van der Waals surface area contributed by atoms with Crippen molar-refractivity contribution in [2.75, 3.05) is 13.1 Å². The van der Waals surface area contributed by atoms with Crippen molar-refractivity contribution < 1.29 is 27.1 Å². The van der Waals surface area contributed by atoms with Crippen LogP contribution < -0.4 is 5.73 Å². The number of pyridine rings is 1. The number of likely N-dealkylation sites (tertiary alicyclic amines) is 1. The van der Waals surface area contributed by atoms with Crippen LogP contribution >= 0.6 is 11.3 Å². The monoisotopic (exact) mass is 473 g/mol. The normalized spacial score (nSPS) is 21.0. The fraction of sp³-hybridized carbons (Fsp3) is 0.545. The first kappa shape index (κ1) is 24.4. The number of rotatable bonds is 7. The highest BCUT2D eigenvalue weighted by Crippen LogP contribution is 2.49. The fourth-order valence-corrected chi connectivity index (χ4v) is 5.17. The maximum Gasteiger partial charge on any atom is 0.426 e. The molecule has 1 amide bonds. The second-order valence-electron chi connectivity index (χ2n) is 8.85. The molecule has 1 unspecified atom stereocenters. The first-order chi connectivity index (χ1) is 14.8. The summed E-state index contributed by atoms with van der Waals surface area (Å²) >= 11 is 0.905. The van der Waals surface area contributed by atoms with Crippen LogP contribution in [0.4, 0.5) is 22.4 Å². The Hall–Kier alpha value is -2.20. The number of primary amides is 1. The quantitative estimate of drug-likeness (QED) is 0.563. The van der Waals surface area contributed by atoms with Gasteiger partial charge in [0.05, 0.1) is 0 Å². The summed E-state index contributed by atoms with van der Waals surface area (Å²) in [6, 6.07) is 6.64. The first-order valence-electron chi connectivity index (χ1n) is 10.3. The van der Waals surface area contributed by atoms with Gasteiger partial charge < -0.3 is 10.5 Å². The maximum absolute atomic E-state index is 14.1. The van der Waals surface area contributed by atoms with E-state index in [1.165, 1.54) is 6.07 Å². The van der Waals surface area contributed by atoms with Gasteiger partial charge in [-0.1, -0.05) is 6.07 Å². The van der Waals surface area contributed by atoms with Crippen LogP contribution in [-0.2, 0) is 16.7 Å². The molecule has 176 valence electrons. The molecule has 3 heterocycles. The number of aromatic nitrogens is 1. The third-order valence-corrected chi connectivity index (χ3v) is 7.31. The van der Waals surface area contributed by atoms with E-state index in [0.717, 1.165) is 22.6 Å². The summed E-state index contributed by atoms with van der Waals surface area (Å²) in [6.07, 6.45) is -6.41. The van der Waals surface area contributed by atoms with Gasteiger partial charge in [0.2, 0.25) is 6.10 Å². The standard InChI is InChI=1S/C22H27F4N3O2S/c1-14-4-5-15(12-28-14)20(2,3)29-11-10-21(13-29,9-8-16-6-7-17(23)32-16)18(22(24,25)26)31-19(27)30/h4-7,12,18H,8-11,13H2,1-3H3,(H2,27,30)/t18-,21?/m0/s1. The van der Waals surface area contributed by atoms with Crippen LogP contribution in [-0.4, -0.2) is 41.3 Å². The van der Waals surface area contributed by atoms with Gasteiger partial charge in [0, 0.05) is 34.3 Å². The predicted molar refractivity (Wildman–Crippen MR) is 114 cm³/mol. The molecule has 2 N–H and O–H groups in total. The van der Waals surface area contributed by atoms with Crippen LogP contribution in [0.15, 0.2) is 30.5 Å². The highest BCUT2D eigenvalue weighted by molar-refractivity contribution is 7.10. The molecule has 5 nitrogen and oxygen atoms in total. The van der Waals surface area contributed by atoms with Crippen LogP contribution in [0.2, 0.25) is 0 Å². The molecule has 0 saturated carbocycles. The molecule has 32 heavy (non-hydrogen) atoms. The van der Waals surface area contributed by atoms with E-state index in [1.807, 2.05) is 37.8 Å². The number of carbonyl (C=O) groups excluding carboxylic acids is 1. The van der Waals surface area contributed by atoms with Crippen LogP contribution in [0.25, 0.3) is 0 Å². The highest BCUT2D eigenvalue weighted by Gasteiger charge is 2.59. The minimum atomic E-state index is -4.79. The average Bonchev–Trinajstić information content (AvgIpc) is 3.31. The Kier molecular flexibility index (Phi) is 6.86. The predicted octanol–water partition coefficient (Wildman–Crippen LogP) is 5.18. The van der Waals surface area contributed by atoms with E-state index in [0.29, 0.717) is 11.4 Å². The van der Waals surface area contributed by atoms with E-state index in [9.17, 15) is 22.4 Å². The number of nitrogens with two attached hydrogens (primary N) is 1. The number of aryl methyl sites for hydroxylation is 2. The Balaban J connectivity index is 1.93.